The van der Waals surface area contributed by atoms with Crippen molar-refractivity contribution in [3.63, 3.8) is 0 Å². The Kier molecular flexibility index (Phi) is 5.51. The maximum Gasteiger partial charge on any atom is 0.174 e. The lowest BCUT2D eigenvalue weighted by atomic mass is 9.96. The van der Waals surface area contributed by atoms with Gasteiger partial charge in [0.1, 0.15) is 0 Å². The van der Waals surface area contributed by atoms with E-state index in [1.165, 1.54) is 33.8 Å². The highest BCUT2D eigenvalue weighted by Gasteiger charge is 2.42. The summed E-state index contributed by atoms with van der Waals surface area (Å²) in [5, 5.41) is 4.31. The van der Waals surface area contributed by atoms with Crippen molar-refractivity contribution in [2.75, 3.05) is 4.90 Å². The minimum absolute atomic E-state index is 0.0164. The third-order valence-corrected chi connectivity index (χ3v) is 6.70. The second-order valence-electron chi connectivity index (χ2n) is 8.84. The number of nitrogens with one attached hydrogen (secondary N) is 1. The normalized spacial score (nSPS) is 17.9. The average molecular weight is 453 g/mol. The van der Waals surface area contributed by atoms with Crippen molar-refractivity contribution >= 4 is 23.0 Å². The second-order valence-corrected chi connectivity index (χ2v) is 9.23. The predicted molar refractivity (Wildman–Crippen MR) is 139 cm³/mol. The van der Waals surface area contributed by atoms with Crippen LogP contribution in [0.1, 0.15) is 45.9 Å². The third-order valence-electron chi connectivity index (χ3n) is 6.39. The van der Waals surface area contributed by atoms with Crippen LogP contribution in [0.3, 0.4) is 0 Å². The van der Waals surface area contributed by atoms with E-state index in [1.807, 2.05) is 18.3 Å². The van der Waals surface area contributed by atoms with Gasteiger partial charge in [0, 0.05) is 29.0 Å². The number of nitrogens with zero attached hydrogens (tertiary/aromatic N) is 3. The van der Waals surface area contributed by atoms with Crippen LogP contribution >= 0.6 is 12.2 Å². The van der Waals surface area contributed by atoms with E-state index in [0.29, 0.717) is 0 Å². The topological polar surface area (TPSA) is 33.1 Å². The van der Waals surface area contributed by atoms with Gasteiger partial charge in [-0.2, -0.15) is 0 Å². The van der Waals surface area contributed by atoms with Crippen LogP contribution in [-0.2, 0) is 0 Å². The zero-order valence-electron chi connectivity index (χ0n) is 19.4. The monoisotopic (exact) mass is 452 g/mol. The molecule has 2 aromatic carbocycles. The van der Waals surface area contributed by atoms with Crippen LogP contribution in [0.5, 0.6) is 0 Å². The zero-order chi connectivity index (χ0) is 23.1. The molecular formula is C28H28N4S. The Labute approximate surface area is 200 Å². The van der Waals surface area contributed by atoms with E-state index in [0.717, 1.165) is 16.5 Å². The summed E-state index contributed by atoms with van der Waals surface area (Å²) in [4.78, 5) is 6.97. The molecule has 4 aromatic rings. The van der Waals surface area contributed by atoms with Crippen LogP contribution in [0.25, 0.3) is 5.69 Å². The molecule has 3 heterocycles. The molecule has 1 aliphatic heterocycles. The predicted octanol–water partition coefficient (Wildman–Crippen LogP) is 6.28. The summed E-state index contributed by atoms with van der Waals surface area (Å²) in [5.74, 6) is 0. The number of aryl methyl sites for hydroxylation is 3. The molecule has 1 fully saturated rings. The molecule has 1 N–H and O–H groups in total. The molecule has 1 saturated heterocycles. The van der Waals surface area contributed by atoms with Gasteiger partial charge in [0.2, 0.25) is 0 Å². The SMILES string of the molecule is Cc1cc(C)cc(N2C(=S)N[C@@H](c3ccccn3)[C@@H]2c2cc(C)n(-c3ccccc3)c2C)c1. The number of aromatic nitrogens is 2. The molecule has 1 aliphatic rings. The Bertz CT molecular complexity index is 1290. The summed E-state index contributed by atoms with van der Waals surface area (Å²) >= 11 is 5.92. The van der Waals surface area contributed by atoms with Crippen LogP contribution in [0.4, 0.5) is 5.69 Å². The molecule has 0 spiro atoms. The zero-order valence-corrected chi connectivity index (χ0v) is 20.2. The summed E-state index contributed by atoms with van der Waals surface area (Å²) in [6, 6.07) is 25.4. The number of hydrogen-bond donors (Lipinski definition) is 1. The van der Waals surface area contributed by atoms with E-state index in [9.17, 15) is 0 Å². The van der Waals surface area contributed by atoms with Gasteiger partial charge >= 0.3 is 0 Å². The van der Waals surface area contributed by atoms with Crippen molar-refractivity contribution in [3.05, 3.63) is 113 Å². The Balaban J connectivity index is 1.70. The van der Waals surface area contributed by atoms with Crippen LogP contribution in [0, 0.1) is 27.7 Å². The first kappa shape index (κ1) is 21.4. The molecule has 166 valence electrons. The fourth-order valence-corrected chi connectivity index (χ4v) is 5.45. The molecule has 2 aromatic heterocycles. The molecule has 0 radical (unpaired) electrons. The quantitative estimate of drug-likeness (QED) is 0.369. The number of thiocarbonyl (C=S) groups is 1. The molecule has 0 bridgehead atoms. The molecule has 5 rings (SSSR count). The third kappa shape index (κ3) is 3.83. The molecule has 33 heavy (non-hydrogen) atoms. The Morgan fingerprint density at radius 1 is 0.818 bits per heavy atom. The number of anilines is 1. The first-order valence-electron chi connectivity index (χ1n) is 11.3. The lowest BCUT2D eigenvalue weighted by Crippen LogP contribution is -2.29. The largest absolute Gasteiger partial charge is 0.351 e. The van der Waals surface area contributed by atoms with Crippen molar-refractivity contribution in [3.8, 4) is 5.69 Å². The van der Waals surface area contributed by atoms with Crippen molar-refractivity contribution in [2.24, 2.45) is 0 Å². The van der Waals surface area contributed by atoms with E-state index in [4.69, 9.17) is 17.2 Å². The van der Waals surface area contributed by atoms with Crippen molar-refractivity contribution < 1.29 is 0 Å². The van der Waals surface area contributed by atoms with Gasteiger partial charge in [-0.3, -0.25) is 4.98 Å². The fraction of sp³-hybridized carbons (Fsp3) is 0.214. The molecule has 0 unspecified atom stereocenters. The minimum atomic E-state index is -0.0516. The van der Waals surface area contributed by atoms with E-state index in [1.54, 1.807) is 0 Å². The summed E-state index contributed by atoms with van der Waals surface area (Å²) in [6.07, 6.45) is 1.85. The maximum absolute atomic E-state index is 5.92. The van der Waals surface area contributed by atoms with E-state index < -0.39 is 0 Å². The summed E-state index contributed by atoms with van der Waals surface area (Å²) in [6.45, 7) is 8.64. The van der Waals surface area contributed by atoms with Gasteiger partial charge in [0.15, 0.2) is 5.11 Å². The molecule has 4 nitrogen and oxygen atoms in total. The van der Waals surface area contributed by atoms with Crippen LogP contribution in [0.2, 0.25) is 0 Å². The van der Waals surface area contributed by atoms with Gasteiger partial charge < -0.3 is 14.8 Å². The van der Waals surface area contributed by atoms with Crippen molar-refractivity contribution in [1.29, 1.82) is 0 Å². The summed E-state index contributed by atoms with van der Waals surface area (Å²) in [5.41, 5.74) is 9.37. The second kappa shape index (κ2) is 8.49. The summed E-state index contributed by atoms with van der Waals surface area (Å²) in [7, 11) is 0. The van der Waals surface area contributed by atoms with E-state index in [2.05, 4.69) is 103 Å². The average Bonchev–Trinajstić information content (AvgIpc) is 3.29. The standard InChI is InChI=1S/C28H28N4S/c1-18-14-19(2)16-23(15-18)32-27(26(30-28(32)33)25-12-8-9-13-29-25)24-17-20(3)31(21(24)4)22-10-6-5-7-11-22/h5-17,26-27H,1-4H3,(H,30,33)/t26-,27-/m0/s1. The highest BCUT2D eigenvalue weighted by atomic mass is 32.1. The number of benzene rings is 2. The lowest BCUT2D eigenvalue weighted by molar-refractivity contribution is 0.565. The van der Waals surface area contributed by atoms with Crippen LogP contribution in [0.15, 0.2) is 79.0 Å². The number of hydrogen-bond acceptors (Lipinski definition) is 2. The Hall–Kier alpha value is -3.44. The van der Waals surface area contributed by atoms with Gasteiger partial charge in [-0.25, -0.2) is 0 Å². The highest BCUT2D eigenvalue weighted by Crippen LogP contribution is 2.44. The maximum atomic E-state index is 5.92. The molecule has 0 aliphatic carbocycles. The van der Waals surface area contributed by atoms with Gasteiger partial charge in [-0.15, -0.1) is 0 Å². The van der Waals surface area contributed by atoms with Crippen LogP contribution in [-0.4, -0.2) is 14.7 Å². The van der Waals surface area contributed by atoms with Crippen LogP contribution < -0.4 is 10.2 Å². The van der Waals surface area contributed by atoms with Gasteiger partial charge in [0.05, 0.1) is 17.8 Å². The fourth-order valence-electron chi connectivity index (χ4n) is 5.10. The van der Waals surface area contributed by atoms with E-state index >= 15 is 0 Å². The first-order chi connectivity index (χ1) is 15.9. The van der Waals surface area contributed by atoms with Gasteiger partial charge in [-0.1, -0.05) is 30.3 Å². The smallest absolute Gasteiger partial charge is 0.174 e. The molecule has 0 amide bonds. The first-order valence-corrected chi connectivity index (χ1v) is 11.7. The van der Waals surface area contributed by atoms with Gasteiger partial charge in [-0.05, 0) is 99.1 Å². The number of rotatable bonds is 4. The van der Waals surface area contributed by atoms with Crippen molar-refractivity contribution in [2.45, 2.75) is 39.8 Å². The Morgan fingerprint density at radius 3 is 2.18 bits per heavy atom. The highest BCUT2D eigenvalue weighted by molar-refractivity contribution is 7.80. The van der Waals surface area contributed by atoms with Crippen molar-refractivity contribution in [1.82, 2.24) is 14.9 Å². The number of para-hydroxylation sites is 1. The number of pyridine rings is 1. The molecular weight excluding hydrogens is 424 g/mol. The summed E-state index contributed by atoms with van der Waals surface area (Å²) < 4.78 is 2.33. The molecule has 0 saturated carbocycles. The minimum Gasteiger partial charge on any atom is -0.351 e. The van der Waals surface area contributed by atoms with E-state index in [-0.39, 0.29) is 12.1 Å². The van der Waals surface area contributed by atoms with Gasteiger partial charge in [0.25, 0.3) is 0 Å². The molecule has 5 heteroatoms. The Morgan fingerprint density at radius 2 is 1.52 bits per heavy atom. The lowest BCUT2D eigenvalue weighted by Gasteiger charge is -2.29. The molecule has 2 atom stereocenters.